The first kappa shape index (κ1) is 14.9. The fourth-order valence-electron chi connectivity index (χ4n) is 1.47. The average Bonchev–Trinajstić information content (AvgIpc) is 2.38. The van der Waals surface area contributed by atoms with E-state index in [1.54, 1.807) is 11.8 Å². The second-order valence-electron chi connectivity index (χ2n) is 3.79. The quantitative estimate of drug-likeness (QED) is 0.670. The van der Waals surface area contributed by atoms with E-state index in [9.17, 15) is 4.79 Å². The van der Waals surface area contributed by atoms with Crippen LogP contribution >= 0.6 is 11.8 Å². The summed E-state index contributed by atoms with van der Waals surface area (Å²) in [6.45, 7) is 0.993. The Balaban J connectivity index is 2.20. The molecule has 0 aliphatic heterocycles. The zero-order chi connectivity index (χ0) is 13.2. The Kier molecular flexibility index (Phi) is 7.29. The summed E-state index contributed by atoms with van der Waals surface area (Å²) >= 11 is 1.65. The molecule has 0 radical (unpaired) electrons. The summed E-state index contributed by atoms with van der Waals surface area (Å²) in [5.41, 5.74) is 0. The largest absolute Gasteiger partial charge is 0.492 e. The number of carboxylic acid groups (broad SMARTS) is 1. The van der Waals surface area contributed by atoms with Gasteiger partial charge in [0.05, 0.1) is 0 Å². The van der Waals surface area contributed by atoms with Crippen LogP contribution in [0.25, 0.3) is 0 Å². The van der Waals surface area contributed by atoms with E-state index >= 15 is 0 Å². The molecule has 100 valence electrons. The molecule has 0 unspecified atom stereocenters. The number of hydrogen-bond acceptors (Lipinski definition) is 4. The van der Waals surface area contributed by atoms with Crippen LogP contribution in [0, 0.1) is 0 Å². The molecule has 0 saturated carbocycles. The molecule has 5 heteroatoms. The zero-order valence-electron chi connectivity index (χ0n) is 10.5. The fraction of sp³-hybridized carbons (Fsp3) is 0.462. The van der Waals surface area contributed by atoms with Crippen LogP contribution in [0.1, 0.15) is 6.42 Å². The van der Waals surface area contributed by atoms with Gasteiger partial charge in [-0.3, -0.25) is 4.79 Å². The standard InChI is InChI=1S/C13H19NO3S/c1-18-10-7-12(13(15)16)14-8-9-17-11-5-3-2-4-6-11/h2-6,12,14H,7-10H2,1H3,(H,15,16)/t12-/m0/s1. The van der Waals surface area contributed by atoms with Gasteiger partial charge in [0, 0.05) is 6.54 Å². The van der Waals surface area contributed by atoms with Crippen LogP contribution < -0.4 is 10.1 Å². The maximum atomic E-state index is 11.0. The molecule has 0 amide bonds. The van der Waals surface area contributed by atoms with Crippen molar-refractivity contribution < 1.29 is 14.6 Å². The number of hydrogen-bond donors (Lipinski definition) is 2. The van der Waals surface area contributed by atoms with Gasteiger partial charge in [-0.1, -0.05) is 18.2 Å². The predicted molar refractivity (Wildman–Crippen MR) is 74.4 cm³/mol. The Morgan fingerprint density at radius 2 is 2.17 bits per heavy atom. The lowest BCUT2D eigenvalue weighted by molar-refractivity contribution is -0.139. The van der Waals surface area contributed by atoms with Crippen molar-refractivity contribution in [2.45, 2.75) is 12.5 Å². The van der Waals surface area contributed by atoms with Crippen LogP contribution in [-0.2, 0) is 4.79 Å². The third-order valence-electron chi connectivity index (χ3n) is 2.41. The lowest BCUT2D eigenvalue weighted by Gasteiger charge is -2.14. The van der Waals surface area contributed by atoms with Crippen LogP contribution in [0.5, 0.6) is 5.75 Å². The third kappa shape index (κ3) is 5.93. The van der Waals surface area contributed by atoms with Crippen LogP contribution in [0.15, 0.2) is 30.3 Å². The van der Waals surface area contributed by atoms with E-state index in [-0.39, 0.29) is 0 Å². The first-order valence-corrected chi connectivity index (χ1v) is 7.26. The minimum absolute atomic E-state index is 0.465. The van der Waals surface area contributed by atoms with Gasteiger partial charge in [0.1, 0.15) is 18.4 Å². The number of benzene rings is 1. The fourth-order valence-corrected chi connectivity index (χ4v) is 1.94. The van der Waals surface area contributed by atoms with E-state index in [1.165, 1.54) is 0 Å². The first-order valence-electron chi connectivity index (χ1n) is 5.87. The van der Waals surface area contributed by atoms with Gasteiger partial charge in [0.2, 0.25) is 0 Å². The average molecular weight is 269 g/mol. The van der Waals surface area contributed by atoms with Gasteiger partial charge >= 0.3 is 5.97 Å². The molecule has 2 N–H and O–H groups in total. The summed E-state index contributed by atoms with van der Waals surface area (Å²) in [6.07, 6.45) is 2.60. The van der Waals surface area contributed by atoms with Crippen molar-refractivity contribution in [3.05, 3.63) is 30.3 Å². The van der Waals surface area contributed by atoms with Gasteiger partial charge in [-0.2, -0.15) is 11.8 Å². The van der Waals surface area contributed by atoms with Crippen molar-refractivity contribution in [2.75, 3.05) is 25.2 Å². The summed E-state index contributed by atoms with van der Waals surface area (Å²) < 4.78 is 5.48. The summed E-state index contributed by atoms with van der Waals surface area (Å²) in [4.78, 5) is 11.0. The Morgan fingerprint density at radius 1 is 1.44 bits per heavy atom. The molecule has 0 bridgehead atoms. The normalized spacial score (nSPS) is 12.1. The van der Waals surface area contributed by atoms with Crippen molar-refractivity contribution in [1.82, 2.24) is 5.32 Å². The third-order valence-corrected chi connectivity index (χ3v) is 3.06. The number of thioether (sulfide) groups is 1. The molecule has 18 heavy (non-hydrogen) atoms. The van der Waals surface area contributed by atoms with E-state index in [0.29, 0.717) is 19.6 Å². The Morgan fingerprint density at radius 3 is 2.78 bits per heavy atom. The Bertz CT molecular complexity index is 345. The highest BCUT2D eigenvalue weighted by atomic mass is 32.2. The molecule has 1 aromatic rings. The molecule has 0 aliphatic carbocycles. The molecular formula is C13H19NO3S. The van der Waals surface area contributed by atoms with Crippen molar-refractivity contribution in [1.29, 1.82) is 0 Å². The van der Waals surface area contributed by atoms with E-state index < -0.39 is 12.0 Å². The van der Waals surface area contributed by atoms with Gasteiger partial charge in [-0.15, -0.1) is 0 Å². The van der Waals surface area contributed by atoms with Crippen molar-refractivity contribution in [3.63, 3.8) is 0 Å². The molecule has 0 saturated heterocycles. The van der Waals surface area contributed by atoms with Gasteiger partial charge in [-0.25, -0.2) is 0 Å². The molecule has 0 heterocycles. The van der Waals surface area contributed by atoms with Gasteiger partial charge in [-0.05, 0) is 30.6 Å². The van der Waals surface area contributed by atoms with Gasteiger partial charge in [0.15, 0.2) is 0 Å². The summed E-state index contributed by atoms with van der Waals surface area (Å²) in [7, 11) is 0. The van der Waals surface area contributed by atoms with Gasteiger partial charge < -0.3 is 15.2 Å². The number of para-hydroxylation sites is 1. The molecule has 0 spiro atoms. The minimum atomic E-state index is -0.802. The Hall–Kier alpha value is -1.20. The molecular weight excluding hydrogens is 250 g/mol. The minimum Gasteiger partial charge on any atom is -0.492 e. The van der Waals surface area contributed by atoms with Gasteiger partial charge in [0.25, 0.3) is 0 Å². The van der Waals surface area contributed by atoms with E-state index in [1.807, 2.05) is 36.6 Å². The first-order chi connectivity index (χ1) is 8.74. The maximum Gasteiger partial charge on any atom is 0.320 e. The van der Waals surface area contributed by atoms with Crippen LogP contribution in [-0.4, -0.2) is 42.3 Å². The summed E-state index contributed by atoms with van der Waals surface area (Å²) in [5, 5.41) is 12.0. The lowest BCUT2D eigenvalue weighted by atomic mass is 10.2. The van der Waals surface area contributed by atoms with E-state index in [4.69, 9.17) is 9.84 Å². The monoisotopic (exact) mass is 269 g/mol. The molecule has 0 aromatic heterocycles. The molecule has 1 rings (SSSR count). The molecule has 0 fully saturated rings. The summed E-state index contributed by atoms with van der Waals surface area (Å²) in [6, 6.07) is 9.00. The maximum absolute atomic E-state index is 11.0. The van der Waals surface area contributed by atoms with Crippen molar-refractivity contribution in [2.24, 2.45) is 0 Å². The number of nitrogens with one attached hydrogen (secondary N) is 1. The topological polar surface area (TPSA) is 58.6 Å². The zero-order valence-corrected chi connectivity index (χ0v) is 11.3. The molecule has 0 aliphatic rings. The highest BCUT2D eigenvalue weighted by molar-refractivity contribution is 7.98. The molecule has 1 atom stereocenters. The SMILES string of the molecule is CSCC[C@H](NCCOc1ccccc1)C(=O)O. The van der Waals surface area contributed by atoms with Crippen molar-refractivity contribution >= 4 is 17.7 Å². The second-order valence-corrected chi connectivity index (χ2v) is 4.77. The van der Waals surface area contributed by atoms with Crippen LogP contribution in [0.2, 0.25) is 0 Å². The number of rotatable bonds is 9. The number of carboxylic acids is 1. The highest BCUT2D eigenvalue weighted by Gasteiger charge is 2.15. The van der Waals surface area contributed by atoms with Crippen LogP contribution in [0.4, 0.5) is 0 Å². The second kappa shape index (κ2) is 8.83. The smallest absolute Gasteiger partial charge is 0.320 e. The van der Waals surface area contributed by atoms with Crippen LogP contribution in [0.3, 0.4) is 0 Å². The molecule has 4 nitrogen and oxygen atoms in total. The van der Waals surface area contributed by atoms with E-state index in [0.717, 1.165) is 11.5 Å². The predicted octanol–water partition coefficient (Wildman–Crippen LogP) is 1.86. The number of ether oxygens (including phenoxy) is 1. The highest BCUT2D eigenvalue weighted by Crippen LogP contribution is 2.07. The summed E-state index contributed by atoms with van der Waals surface area (Å²) in [5.74, 6) is 0.836. The number of aliphatic carboxylic acids is 1. The molecule has 1 aromatic carbocycles. The number of carbonyl (C=O) groups is 1. The van der Waals surface area contributed by atoms with Crippen molar-refractivity contribution in [3.8, 4) is 5.75 Å². The Labute approximate surface area is 112 Å². The lowest BCUT2D eigenvalue weighted by Crippen LogP contribution is -2.39. The van der Waals surface area contributed by atoms with E-state index in [2.05, 4.69) is 5.32 Å².